The molecule has 0 bridgehead atoms. The average Bonchev–Trinajstić information content (AvgIpc) is 1.84. The third-order valence-electron chi connectivity index (χ3n) is 1.42. The van der Waals surface area contributed by atoms with Crippen molar-refractivity contribution >= 4 is 10.0 Å². The molecule has 0 atom stereocenters. The summed E-state index contributed by atoms with van der Waals surface area (Å²) in [4.78, 5) is 0. The summed E-state index contributed by atoms with van der Waals surface area (Å²) in [6.07, 6.45) is 1.33. The maximum absolute atomic E-state index is 10.9. The van der Waals surface area contributed by atoms with Crippen LogP contribution in [0.25, 0.3) is 0 Å². The summed E-state index contributed by atoms with van der Waals surface area (Å²) in [7, 11) is -1.51. The zero-order valence-electron chi connectivity index (χ0n) is 8.07. The second kappa shape index (κ2) is 4.79. The lowest BCUT2D eigenvalue weighted by atomic mass is 10.5. The first kappa shape index (κ1) is 11.9. The lowest BCUT2D eigenvalue weighted by molar-refractivity contribution is 0.0738. The van der Waals surface area contributed by atoms with Crippen molar-refractivity contribution < 1.29 is 13.2 Å². The van der Waals surface area contributed by atoms with Gasteiger partial charge in [-0.2, -0.15) is 0 Å². The number of hydrogen-bond donors (Lipinski definition) is 0. The van der Waals surface area contributed by atoms with Crippen LogP contribution in [-0.4, -0.2) is 45.3 Å². The van der Waals surface area contributed by atoms with Crippen LogP contribution in [0, 0.1) is 0 Å². The second-order valence-corrected chi connectivity index (χ2v) is 5.09. The molecule has 0 unspecified atom stereocenters. The summed E-state index contributed by atoms with van der Waals surface area (Å²) in [5, 5.41) is 0. The molecule has 0 saturated carbocycles. The molecule has 0 aromatic heterocycles. The molecule has 74 valence electrons. The molecule has 12 heavy (non-hydrogen) atoms. The molecule has 0 aliphatic heterocycles. The SMILES string of the molecule is CC(C)OCCN(C)S(C)(=O)=O. The number of sulfonamides is 1. The van der Waals surface area contributed by atoms with Crippen LogP contribution in [0.4, 0.5) is 0 Å². The smallest absolute Gasteiger partial charge is 0.211 e. The molecule has 0 aromatic rings. The topological polar surface area (TPSA) is 46.6 Å². The van der Waals surface area contributed by atoms with Crippen LogP contribution in [0.2, 0.25) is 0 Å². The first-order chi connectivity index (χ1) is 5.34. The molecule has 4 nitrogen and oxygen atoms in total. The van der Waals surface area contributed by atoms with Gasteiger partial charge in [0, 0.05) is 13.6 Å². The van der Waals surface area contributed by atoms with E-state index in [4.69, 9.17) is 4.74 Å². The highest BCUT2D eigenvalue weighted by Gasteiger charge is 2.09. The zero-order chi connectivity index (χ0) is 9.78. The summed E-state index contributed by atoms with van der Waals surface area (Å²) < 4.78 is 28.2. The molecule has 0 fully saturated rings. The van der Waals surface area contributed by atoms with Crippen LogP contribution < -0.4 is 0 Å². The zero-order valence-corrected chi connectivity index (χ0v) is 8.89. The fourth-order valence-corrected chi connectivity index (χ4v) is 0.989. The minimum absolute atomic E-state index is 0.151. The number of rotatable bonds is 5. The van der Waals surface area contributed by atoms with Gasteiger partial charge in [0.25, 0.3) is 0 Å². The van der Waals surface area contributed by atoms with Crippen molar-refractivity contribution in [1.29, 1.82) is 0 Å². The predicted molar refractivity (Wildman–Crippen MR) is 48.6 cm³/mol. The van der Waals surface area contributed by atoms with Crippen molar-refractivity contribution in [2.45, 2.75) is 20.0 Å². The van der Waals surface area contributed by atoms with Gasteiger partial charge in [-0.05, 0) is 13.8 Å². The van der Waals surface area contributed by atoms with Crippen LogP contribution in [0.5, 0.6) is 0 Å². The van der Waals surface area contributed by atoms with E-state index in [0.717, 1.165) is 0 Å². The highest BCUT2D eigenvalue weighted by atomic mass is 32.2. The lowest BCUT2D eigenvalue weighted by Gasteiger charge is -2.14. The van der Waals surface area contributed by atoms with Crippen molar-refractivity contribution in [3.8, 4) is 0 Å². The summed E-state index contributed by atoms with van der Waals surface area (Å²) in [5.74, 6) is 0. The summed E-state index contributed by atoms with van der Waals surface area (Å²) in [6.45, 7) is 4.69. The van der Waals surface area contributed by atoms with Crippen molar-refractivity contribution in [3.63, 3.8) is 0 Å². The highest BCUT2D eigenvalue weighted by molar-refractivity contribution is 7.88. The molecule has 0 N–H and O–H groups in total. The van der Waals surface area contributed by atoms with E-state index in [0.29, 0.717) is 13.2 Å². The van der Waals surface area contributed by atoms with Crippen LogP contribution in [-0.2, 0) is 14.8 Å². The molecule has 0 heterocycles. The molecule has 0 saturated heterocycles. The van der Waals surface area contributed by atoms with Crippen molar-refractivity contribution in [1.82, 2.24) is 4.31 Å². The number of hydrogen-bond acceptors (Lipinski definition) is 3. The van der Waals surface area contributed by atoms with Crippen molar-refractivity contribution in [3.05, 3.63) is 0 Å². The summed E-state index contributed by atoms with van der Waals surface area (Å²) in [6, 6.07) is 0. The number of nitrogens with zero attached hydrogens (tertiary/aromatic N) is 1. The third kappa shape index (κ3) is 5.51. The van der Waals surface area contributed by atoms with Crippen molar-refractivity contribution in [2.75, 3.05) is 26.5 Å². The van der Waals surface area contributed by atoms with E-state index in [1.165, 1.54) is 10.6 Å². The summed E-state index contributed by atoms with van der Waals surface area (Å²) in [5.41, 5.74) is 0. The molecular weight excluding hydrogens is 178 g/mol. The molecule has 0 spiro atoms. The Balaban J connectivity index is 3.66. The second-order valence-electron chi connectivity index (χ2n) is 3.00. The lowest BCUT2D eigenvalue weighted by Crippen LogP contribution is -2.29. The Morgan fingerprint density at radius 2 is 1.92 bits per heavy atom. The van der Waals surface area contributed by atoms with Crippen molar-refractivity contribution in [2.24, 2.45) is 0 Å². The van der Waals surface area contributed by atoms with Gasteiger partial charge >= 0.3 is 0 Å². The molecule has 0 aliphatic carbocycles. The Morgan fingerprint density at radius 3 is 2.25 bits per heavy atom. The Kier molecular flexibility index (Phi) is 4.74. The number of likely N-dealkylation sites (N-methyl/N-ethyl adjacent to an activating group) is 1. The molecule has 5 heteroatoms. The Labute approximate surface area is 74.6 Å². The van der Waals surface area contributed by atoms with E-state index < -0.39 is 10.0 Å². The Morgan fingerprint density at radius 1 is 1.42 bits per heavy atom. The Hall–Kier alpha value is -0.130. The first-order valence-corrected chi connectivity index (χ1v) is 5.71. The van der Waals surface area contributed by atoms with E-state index in [-0.39, 0.29) is 6.10 Å². The van der Waals surface area contributed by atoms with Gasteiger partial charge < -0.3 is 4.74 Å². The largest absolute Gasteiger partial charge is 0.377 e. The molecule has 0 amide bonds. The predicted octanol–water partition coefficient (Wildman–Crippen LogP) is 0.303. The van der Waals surface area contributed by atoms with Gasteiger partial charge in [-0.1, -0.05) is 0 Å². The minimum atomic E-state index is -3.05. The molecule has 0 aliphatic rings. The monoisotopic (exact) mass is 195 g/mol. The van der Waals surface area contributed by atoms with Crippen LogP contribution in [0.1, 0.15) is 13.8 Å². The fourth-order valence-electron chi connectivity index (χ4n) is 0.583. The van der Waals surface area contributed by atoms with E-state index >= 15 is 0 Å². The van der Waals surface area contributed by atoms with Gasteiger partial charge in [-0.15, -0.1) is 0 Å². The summed E-state index contributed by atoms with van der Waals surface area (Å²) >= 11 is 0. The van der Waals surface area contributed by atoms with Gasteiger partial charge in [0.1, 0.15) is 0 Å². The van der Waals surface area contributed by atoms with E-state index in [2.05, 4.69) is 0 Å². The fraction of sp³-hybridized carbons (Fsp3) is 1.00. The van der Waals surface area contributed by atoms with Gasteiger partial charge in [-0.25, -0.2) is 12.7 Å². The maximum atomic E-state index is 10.9. The standard InChI is InChI=1S/C7H17NO3S/c1-7(2)11-6-5-8(3)12(4,9)10/h7H,5-6H2,1-4H3. The Bertz CT molecular complexity index is 211. The maximum Gasteiger partial charge on any atom is 0.211 e. The quantitative estimate of drug-likeness (QED) is 0.634. The third-order valence-corrected chi connectivity index (χ3v) is 2.74. The van der Waals surface area contributed by atoms with Gasteiger partial charge in [0.05, 0.1) is 19.0 Å². The van der Waals surface area contributed by atoms with Crippen LogP contribution in [0.3, 0.4) is 0 Å². The normalized spacial score (nSPS) is 12.8. The molecular formula is C7H17NO3S. The molecule has 0 radical (unpaired) electrons. The van der Waals surface area contributed by atoms with E-state index in [1.54, 1.807) is 7.05 Å². The van der Waals surface area contributed by atoms with Gasteiger partial charge in [0.2, 0.25) is 10.0 Å². The first-order valence-electron chi connectivity index (χ1n) is 3.87. The average molecular weight is 195 g/mol. The number of ether oxygens (including phenoxy) is 1. The minimum Gasteiger partial charge on any atom is -0.377 e. The van der Waals surface area contributed by atoms with Gasteiger partial charge in [0.15, 0.2) is 0 Å². The highest BCUT2D eigenvalue weighted by Crippen LogP contribution is 1.94. The molecule has 0 aromatic carbocycles. The van der Waals surface area contributed by atoms with Gasteiger partial charge in [-0.3, -0.25) is 0 Å². The van der Waals surface area contributed by atoms with Crippen LogP contribution in [0.15, 0.2) is 0 Å². The van der Waals surface area contributed by atoms with E-state index in [1.807, 2.05) is 13.8 Å². The molecule has 0 rings (SSSR count). The van der Waals surface area contributed by atoms with Crippen LogP contribution >= 0.6 is 0 Å². The van der Waals surface area contributed by atoms with E-state index in [9.17, 15) is 8.42 Å².